The Morgan fingerprint density at radius 2 is 1.93 bits per heavy atom. The Kier molecular flexibility index (Phi) is 9.92. The van der Waals surface area contributed by atoms with Crippen molar-refractivity contribution in [2.75, 3.05) is 34.0 Å². The van der Waals surface area contributed by atoms with Crippen LogP contribution >= 0.6 is 11.3 Å². The Labute approximate surface area is 246 Å². The molecule has 0 saturated heterocycles. The van der Waals surface area contributed by atoms with Crippen LogP contribution in [0.25, 0.3) is 6.08 Å². The lowest BCUT2D eigenvalue weighted by atomic mass is 9.95. The molecule has 0 fully saturated rings. The highest BCUT2D eigenvalue weighted by Crippen LogP contribution is 2.36. The third kappa shape index (κ3) is 6.77. The Balaban J connectivity index is 1.85. The molecule has 1 atom stereocenters. The van der Waals surface area contributed by atoms with E-state index >= 15 is 0 Å². The number of hydrogen-bond acceptors (Lipinski definition) is 10. The second-order valence-electron chi connectivity index (χ2n) is 10.0. The van der Waals surface area contributed by atoms with Crippen LogP contribution < -0.4 is 24.4 Å². The van der Waals surface area contributed by atoms with Crippen LogP contribution in [-0.2, 0) is 14.3 Å². The molecule has 11 nitrogen and oxygen atoms in total. The molecular weight excluding hydrogens is 562 g/mol. The van der Waals surface area contributed by atoms with Crippen LogP contribution in [0.3, 0.4) is 0 Å². The molecule has 2 aromatic carbocycles. The van der Waals surface area contributed by atoms with Crippen molar-refractivity contribution in [3.63, 3.8) is 0 Å². The summed E-state index contributed by atoms with van der Waals surface area (Å²) >= 11 is 1.13. The van der Waals surface area contributed by atoms with E-state index < -0.39 is 22.5 Å². The number of nitro benzene ring substituents is 1. The van der Waals surface area contributed by atoms with Crippen molar-refractivity contribution >= 4 is 29.1 Å². The van der Waals surface area contributed by atoms with Crippen molar-refractivity contribution in [1.29, 1.82) is 0 Å². The fraction of sp³-hybridized carbons (Fsp3) is 0.367. The zero-order chi connectivity index (χ0) is 30.4. The molecule has 0 spiro atoms. The highest BCUT2D eigenvalue weighted by molar-refractivity contribution is 7.07. The molecule has 4 rings (SSSR count). The monoisotopic (exact) mass is 595 g/mol. The number of rotatable bonds is 12. The highest BCUT2D eigenvalue weighted by Gasteiger charge is 2.34. The van der Waals surface area contributed by atoms with Crippen molar-refractivity contribution in [2.45, 2.75) is 33.2 Å². The number of ether oxygens (including phenoxy) is 4. The molecule has 0 saturated carbocycles. The molecule has 1 aliphatic heterocycles. The van der Waals surface area contributed by atoms with E-state index in [2.05, 4.69) is 18.8 Å². The number of nitrogens with zero attached hydrogens (tertiary/aromatic N) is 3. The summed E-state index contributed by atoms with van der Waals surface area (Å²) in [6, 6.07) is 10.4. The van der Waals surface area contributed by atoms with Gasteiger partial charge < -0.3 is 18.9 Å². The van der Waals surface area contributed by atoms with Crippen LogP contribution in [0.4, 0.5) is 5.69 Å². The van der Waals surface area contributed by atoms with E-state index in [-0.39, 0.29) is 24.5 Å². The SMILES string of the molecule is COCCOC(=O)C1=C(C)N=c2sc(=Cc3cccc([N+](=O)[O-])c3)c(=O)n2C1c1ccc(OCCC(C)C)c(OC)c1. The van der Waals surface area contributed by atoms with E-state index in [1.807, 2.05) is 0 Å². The van der Waals surface area contributed by atoms with Crippen molar-refractivity contribution in [3.05, 3.63) is 94.7 Å². The lowest BCUT2D eigenvalue weighted by molar-refractivity contribution is -0.384. The summed E-state index contributed by atoms with van der Waals surface area (Å²) in [5.74, 6) is 0.849. The second kappa shape index (κ2) is 13.6. The molecular formula is C30H33N3O8S. The largest absolute Gasteiger partial charge is 0.493 e. The minimum atomic E-state index is -0.873. The molecule has 0 N–H and O–H groups in total. The molecule has 1 aliphatic rings. The number of methoxy groups -OCH3 is 2. The minimum absolute atomic E-state index is 0.0298. The minimum Gasteiger partial charge on any atom is -0.493 e. The lowest BCUT2D eigenvalue weighted by Crippen LogP contribution is -2.40. The van der Waals surface area contributed by atoms with E-state index in [4.69, 9.17) is 18.9 Å². The van der Waals surface area contributed by atoms with Crippen LogP contribution in [0.2, 0.25) is 0 Å². The summed E-state index contributed by atoms with van der Waals surface area (Å²) in [4.78, 5) is 43.0. The van der Waals surface area contributed by atoms with Gasteiger partial charge in [-0.25, -0.2) is 9.79 Å². The van der Waals surface area contributed by atoms with E-state index in [0.29, 0.717) is 50.2 Å². The summed E-state index contributed by atoms with van der Waals surface area (Å²) < 4.78 is 23.8. The van der Waals surface area contributed by atoms with Crippen molar-refractivity contribution < 1.29 is 28.7 Å². The Morgan fingerprint density at radius 3 is 2.62 bits per heavy atom. The maximum absolute atomic E-state index is 13.9. The number of carbonyl (C=O) groups excluding carboxylic acids is 1. The summed E-state index contributed by atoms with van der Waals surface area (Å²) in [5, 5.41) is 11.3. The predicted molar refractivity (Wildman–Crippen MR) is 158 cm³/mol. The third-order valence-electron chi connectivity index (χ3n) is 6.60. The van der Waals surface area contributed by atoms with Gasteiger partial charge in [0.1, 0.15) is 6.61 Å². The number of esters is 1. The maximum Gasteiger partial charge on any atom is 0.338 e. The van der Waals surface area contributed by atoms with Crippen LogP contribution in [0.5, 0.6) is 11.5 Å². The molecule has 0 aliphatic carbocycles. The van der Waals surface area contributed by atoms with Crippen LogP contribution in [0, 0.1) is 16.0 Å². The number of fused-ring (bicyclic) bond motifs is 1. The molecule has 222 valence electrons. The first-order valence-corrected chi connectivity index (χ1v) is 14.2. The number of hydrogen-bond donors (Lipinski definition) is 0. The third-order valence-corrected chi connectivity index (χ3v) is 7.58. The molecule has 0 radical (unpaired) electrons. The molecule has 0 bridgehead atoms. The summed E-state index contributed by atoms with van der Waals surface area (Å²) in [6.45, 7) is 6.67. The first-order valence-electron chi connectivity index (χ1n) is 13.4. The van der Waals surface area contributed by atoms with Gasteiger partial charge in [0.25, 0.3) is 11.2 Å². The second-order valence-corrected chi connectivity index (χ2v) is 11.0. The topological polar surface area (TPSA) is 131 Å². The normalized spacial score (nSPS) is 14.9. The fourth-order valence-corrected chi connectivity index (χ4v) is 5.50. The molecule has 3 aromatic rings. The summed E-state index contributed by atoms with van der Waals surface area (Å²) in [5.41, 5.74) is 1.21. The van der Waals surface area contributed by atoms with Gasteiger partial charge in [0, 0.05) is 19.2 Å². The van der Waals surface area contributed by atoms with Gasteiger partial charge in [0.2, 0.25) is 0 Å². The van der Waals surface area contributed by atoms with Crippen LogP contribution in [-0.4, -0.2) is 49.5 Å². The predicted octanol–water partition coefficient (Wildman–Crippen LogP) is 3.77. The molecule has 42 heavy (non-hydrogen) atoms. The average Bonchev–Trinajstić information content (AvgIpc) is 3.26. The summed E-state index contributed by atoms with van der Waals surface area (Å²) in [6.07, 6.45) is 2.45. The standard InChI is InChI=1S/C30H33N3O8S/c1-18(2)11-12-40-23-10-9-21(17-24(23)39-5)27-26(29(35)41-14-13-38-4)19(3)31-30-32(27)28(34)25(42-30)16-20-7-6-8-22(15-20)33(36)37/h6-10,15-18,27H,11-14H2,1-5H3. The average molecular weight is 596 g/mol. The Morgan fingerprint density at radius 1 is 1.14 bits per heavy atom. The van der Waals surface area contributed by atoms with E-state index in [9.17, 15) is 19.7 Å². The number of allylic oxidation sites excluding steroid dienone is 1. The number of benzene rings is 2. The molecule has 0 amide bonds. The van der Waals surface area contributed by atoms with Crippen molar-refractivity contribution in [1.82, 2.24) is 4.57 Å². The Hall–Kier alpha value is -4.29. The first-order chi connectivity index (χ1) is 20.1. The molecule has 12 heteroatoms. The van der Waals surface area contributed by atoms with Gasteiger partial charge >= 0.3 is 5.97 Å². The molecule has 2 heterocycles. The quantitative estimate of drug-likeness (QED) is 0.134. The van der Waals surface area contributed by atoms with Crippen molar-refractivity contribution in [3.8, 4) is 11.5 Å². The molecule has 1 aromatic heterocycles. The molecule has 1 unspecified atom stereocenters. The van der Waals surface area contributed by atoms with Gasteiger partial charge in [-0.2, -0.15) is 0 Å². The highest BCUT2D eigenvalue weighted by atomic mass is 32.1. The number of carbonyl (C=O) groups is 1. The van der Waals surface area contributed by atoms with Gasteiger partial charge in [-0.15, -0.1) is 0 Å². The lowest BCUT2D eigenvalue weighted by Gasteiger charge is -2.25. The van der Waals surface area contributed by atoms with E-state index in [1.54, 1.807) is 43.3 Å². The van der Waals surface area contributed by atoms with Crippen LogP contribution in [0.15, 0.2) is 63.5 Å². The number of nitro groups is 1. The van der Waals surface area contributed by atoms with Gasteiger partial charge in [0.05, 0.1) is 47.1 Å². The Bertz CT molecular complexity index is 1690. The zero-order valence-electron chi connectivity index (χ0n) is 24.1. The maximum atomic E-state index is 13.9. The number of aromatic nitrogens is 1. The van der Waals surface area contributed by atoms with E-state index in [0.717, 1.165) is 17.8 Å². The number of thiazole rings is 1. The zero-order valence-corrected chi connectivity index (χ0v) is 24.9. The smallest absolute Gasteiger partial charge is 0.338 e. The fourth-order valence-electron chi connectivity index (χ4n) is 4.45. The summed E-state index contributed by atoms with van der Waals surface area (Å²) in [7, 11) is 3.03. The van der Waals surface area contributed by atoms with Gasteiger partial charge in [0.15, 0.2) is 16.3 Å². The van der Waals surface area contributed by atoms with Gasteiger partial charge in [-0.05, 0) is 48.6 Å². The number of non-ortho nitro benzene ring substituents is 1. The van der Waals surface area contributed by atoms with Crippen LogP contribution in [0.1, 0.15) is 44.4 Å². The van der Waals surface area contributed by atoms with Gasteiger partial charge in [-0.1, -0.05) is 43.4 Å². The van der Waals surface area contributed by atoms with Gasteiger partial charge in [-0.3, -0.25) is 19.5 Å². The first kappa shape index (κ1) is 30.7. The van der Waals surface area contributed by atoms with E-state index in [1.165, 1.54) is 30.9 Å². The van der Waals surface area contributed by atoms with Crippen molar-refractivity contribution in [2.24, 2.45) is 10.9 Å².